The van der Waals surface area contributed by atoms with Crippen LogP contribution in [0.4, 0.5) is 0 Å². The Morgan fingerprint density at radius 1 is 1.23 bits per heavy atom. The molecule has 0 aliphatic carbocycles. The smallest absolute Gasteiger partial charge is 0.282 e. The summed E-state index contributed by atoms with van der Waals surface area (Å²) in [7, 11) is -4.27. The summed E-state index contributed by atoms with van der Waals surface area (Å²) in [5, 5.41) is 0.147. The molecular formula is C6H5Cl3O3S. The summed E-state index contributed by atoms with van der Waals surface area (Å²) in [6.45, 7) is 0. The van der Waals surface area contributed by atoms with E-state index in [0.29, 0.717) is 0 Å². The van der Waals surface area contributed by atoms with Gasteiger partial charge in [0, 0.05) is 5.02 Å². The first-order valence-electron chi connectivity index (χ1n) is 2.84. The van der Waals surface area contributed by atoms with Gasteiger partial charge in [-0.25, -0.2) is 0 Å². The molecule has 0 saturated carbocycles. The molecule has 74 valence electrons. The third-order valence-corrected chi connectivity index (χ3v) is 2.74. The maximum Gasteiger partial charge on any atom is 0.296 e. The molecule has 1 aromatic rings. The van der Waals surface area contributed by atoms with Gasteiger partial charge >= 0.3 is 0 Å². The molecule has 0 fully saturated rings. The maximum atomic E-state index is 10.6. The molecule has 0 bridgehead atoms. The normalized spacial score (nSPS) is 10.7. The van der Waals surface area contributed by atoms with E-state index in [-0.39, 0.29) is 27.3 Å². The quantitative estimate of drug-likeness (QED) is 0.793. The monoisotopic (exact) mass is 262 g/mol. The summed E-state index contributed by atoms with van der Waals surface area (Å²) >= 11 is 11.0. The molecule has 0 saturated heterocycles. The molecule has 3 nitrogen and oxygen atoms in total. The molecule has 0 aliphatic rings. The Balaban J connectivity index is 0.00000144. The predicted molar refractivity (Wildman–Crippen MR) is 53.5 cm³/mol. The second-order valence-corrected chi connectivity index (χ2v) is 4.28. The molecule has 0 aromatic heterocycles. The van der Waals surface area contributed by atoms with Gasteiger partial charge in [-0.1, -0.05) is 23.2 Å². The van der Waals surface area contributed by atoms with Crippen molar-refractivity contribution >= 4 is 45.7 Å². The minimum Gasteiger partial charge on any atom is -0.282 e. The molecule has 7 heteroatoms. The highest BCUT2D eigenvalue weighted by Crippen LogP contribution is 2.24. The first kappa shape index (κ1) is 13.0. The van der Waals surface area contributed by atoms with Crippen LogP contribution in [0.5, 0.6) is 0 Å². The fraction of sp³-hybridized carbons (Fsp3) is 0. The van der Waals surface area contributed by atoms with Crippen molar-refractivity contribution in [3.63, 3.8) is 0 Å². The van der Waals surface area contributed by atoms with Gasteiger partial charge in [0.25, 0.3) is 10.1 Å². The van der Waals surface area contributed by atoms with Crippen LogP contribution >= 0.6 is 35.6 Å². The summed E-state index contributed by atoms with van der Waals surface area (Å²) in [6, 6.07) is 3.81. The van der Waals surface area contributed by atoms with E-state index in [1.807, 2.05) is 0 Å². The number of hydrogen-bond acceptors (Lipinski definition) is 2. The molecule has 0 radical (unpaired) electrons. The van der Waals surface area contributed by atoms with Crippen LogP contribution in [0.25, 0.3) is 0 Å². The Hall–Kier alpha value is -0.000000000000000167. The SMILES string of the molecule is Cl.O=S(=O)(O)c1cc(Cl)ccc1Cl. The lowest BCUT2D eigenvalue weighted by atomic mass is 10.4. The van der Waals surface area contributed by atoms with Crippen LogP contribution in [0, 0.1) is 0 Å². The Bertz CT molecular complexity index is 402. The summed E-state index contributed by atoms with van der Waals surface area (Å²) in [5.74, 6) is 0. The molecule has 1 rings (SSSR count). The van der Waals surface area contributed by atoms with E-state index in [2.05, 4.69) is 0 Å². The van der Waals surface area contributed by atoms with Crippen molar-refractivity contribution in [3.05, 3.63) is 28.2 Å². The van der Waals surface area contributed by atoms with Gasteiger partial charge in [0.05, 0.1) is 5.02 Å². The van der Waals surface area contributed by atoms with Crippen molar-refractivity contribution in [1.29, 1.82) is 0 Å². The molecule has 0 spiro atoms. The standard InChI is InChI=1S/C6H4Cl2O3S.ClH/c7-4-1-2-5(8)6(3-4)12(9,10)11;/h1-3H,(H,9,10,11);1H. The van der Waals surface area contributed by atoms with E-state index >= 15 is 0 Å². The lowest BCUT2D eigenvalue weighted by Crippen LogP contribution is -1.98. The van der Waals surface area contributed by atoms with Crippen LogP contribution in [0.3, 0.4) is 0 Å². The first-order valence-corrected chi connectivity index (χ1v) is 5.03. The number of halogens is 3. The lowest BCUT2D eigenvalue weighted by molar-refractivity contribution is 0.483. The summed E-state index contributed by atoms with van der Waals surface area (Å²) in [6.07, 6.45) is 0. The van der Waals surface area contributed by atoms with Gasteiger partial charge in [0.2, 0.25) is 0 Å². The molecule has 0 amide bonds. The van der Waals surface area contributed by atoms with Gasteiger partial charge in [-0.3, -0.25) is 4.55 Å². The highest BCUT2D eigenvalue weighted by Gasteiger charge is 2.14. The van der Waals surface area contributed by atoms with Crippen molar-refractivity contribution in [2.24, 2.45) is 0 Å². The molecule has 0 aliphatic heterocycles. The van der Waals surface area contributed by atoms with Crippen molar-refractivity contribution in [2.45, 2.75) is 4.90 Å². The Morgan fingerprint density at radius 3 is 2.15 bits per heavy atom. The number of rotatable bonds is 1. The topological polar surface area (TPSA) is 54.4 Å². The predicted octanol–water partition coefficient (Wildman–Crippen LogP) is 2.66. The van der Waals surface area contributed by atoms with Gasteiger partial charge in [-0.2, -0.15) is 8.42 Å². The molecule has 0 heterocycles. The minimum absolute atomic E-state index is 0. The van der Waals surface area contributed by atoms with Gasteiger partial charge in [-0.15, -0.1) is 12.4 Å². The molecular weight excluding hydrogens is 258 g/mol. The average molecular weight is 264 g/mol. The van der Waals surface area contributed by atoms with Crippen molar-refractivity contribution < 1.29 is 13.0 Å². The van der Waals surface area contributed by atoms with E-state index in [4.69, 9.17) is 27.8 Å². The van der Waals surface area contributed by atoms with E-state index in [0.717, 1.165) is 6.07 Å². The maximum absolute atomic E-state index is 10.6. The average Bonchev–Trinajstić information content (AvgIpc) is 1.92. The zero-order valence-corrected chi connectivity index (χ0v) is 9.21. The molecule has 0 atom stereocenters. The summed E-state index contributed by atoms with van der Waals surface area (Å²) in [4.78, 5) is -0.378. The second kappa shape index (κ2) is 4.48. The van der Waals surface area contributed by atoms with Gasteiger partial charge in [0.15, 0.2) is 0 Å². The zero-order valence-electron chi connectivity index (χ0n) is 6.07. The van der Waals surface area contributed by atoms with E-state index in [9.17, 15) is 8.42 Å². The molecule has 13 heavy (non-hydrogen) atoms. The third kappa shape index (κ3) is 3.32. The third-order valence-electron chi connectivity index (χ3n) is 1.17. The Labute approximate surface area is 91.8 Å². The number of hydrogen-bond donors (Lipinski definition) is 1. The largest absolute Gasteiger partial charge is 0.296 e. The van der Waals surface area contributed by atoms with Crippen LogP contribution in [0.2, 0.25) is 10.0 Å². The van der Waals surface area contributed by atoms with Crippen LogP contribution in [0.15, 0.2) is 23.1 Å². The highest BCUT2D eigenvalue weighted by atomic mass is 35.5. The van der Waals surface area contributed by atoms with E-state index in [1.54, 1.807) is 0 Å². The van der Waals surface area contributed by atoms with Crippen molar-refractivity contribution in [2.75, 3.05) is 0 Å². The second-order valence-electron chi connectivity index (χ2n) is 2.05. The van der Waals surface area contributed by atoms with E-state index in [1.165, 1.54) is 12.1 Å². The summed E-state index contributed by atoms with van der Waals surface area (Å²) in [5.41, 5.74) is 0. The van der Waals surface area contributed by atoms with Gasteiger partial charge in [0.1, 0.15) is 4.90 Å². The van der Waals surface area contributed by atoms with Crippen molar-refractivity contribution in [1.82, 2.24) is 0 Å². The summed E-state index contributed by atoms with van der Waals surface area (Å²) < 4.78 is 29.9. The van der Waals surface area contributed by atoms with Crippen LogP contribution in [0.1, 0.15) is 0 Å². The fourth-order valence-electron chi connectivity index (χ4n) is 0.675. The number of benzene rings is 1. The lowest BCUT2D eigenvalue weighted by Gasteiger charge is -1.99. The molecule has 0 unspecified atom stereocenters. The minimum atomic E-state index is -4.27. The molecule has 1 N–H and O–H groups in total. The zero-order chi connectivity index (χ0) is 9.35. The fourth-order valence-corrected chi connectivity index (χ4v) is 1.91. The highest BCUT2D eigenvalue weighted by molar-refractivity contribution is 7.86. The van der Waals surface area contributed by atoms with Gasteiger partial charge < -0.3 is 0 Å². The van der Waals surface area contributed by atoms with Gasteiger partial charge in [-0.05, 0) is 18.2 Å². The Morgan fingerprint density at radius 2 is 1.77 bits per heavy atom. The first-order chi connectivity index (χ1) is 5.41. The molecule has 1 aromatic carbocycles. The van der Waals surface area contributed by atoms with E-state index < -0.39 is 10.1 Å². The van der Waals surface area contributed by atoms with Crippen LogP contribution in [-0.2, 0) is 10.1 Å². The Kier molecular flexibility index (Phi) is 4.48. The van der Waals surface area contributed by atoms with Crippen molar-refractivity contribution in [3.8, 4) is 0 Å². The van der Waals surface area contributed by atoms with Crippen LogP contribution < -0.4 is 0 Å². The van der Waals surface area contributed by atoms with Crippen LogP contribution in [-0.4, -0.2) is 13.0 Å².